The van der Waals surface area contributed by atoms with Crippen molar-refractivity contribution in [2.75, 3.05) is 0 Å². The molecule has 15 heavy (non-hydrogen) atoms. The lowest BCUT2D eigenvalue weighted by molar-refractivity contribution is -0.120. The van der Waals surface area contributed by atoms with Crippen molar-refractivity contribution in [3.63, 3.8) is 0 Å². The van der Waals surface area contributed by atoms with Crippen molar-refractivity contribution < 1.29 is 4.79 Å². The first-order chi connectivity index (χ1) is 6.76. The summed E-state index contributed by atoms with van der Waals surface area (Å²) in [7, 11) is 0. The van der Waals surface area contributed by atoms with Crippen LogP contribution in [0.4, 0.5) is 0 Å². The summed E-state index contributed by atoms with van der Waals surface area (Å²) in [6.07, 6.45) is 4.72. The lowest BCUT2D eigenvalue weighted by atomic mass is 9.62. The third-order valence-electron chi connectivity index (χ3n) is 3.70. The molecule has 1 amide bonds. The van der Waals surface area contributed by atoms with Gasteiger partial charge in [-0.1, -0.05) is 34.1 Å². The van der Waals surface area contributed by atoms with Crippen LogP contribution in [0.25, 0.3) is 0 Å². The largest absolute Gasteiger partial charge is 0.354 e. The third-order valence-corrected chi connectivity index (χ3v) is 3.70. The number of amides is 1. The Kier molecular flexibility index (Phi) is 3.47. The Hall–Kier alpha value is -0.530. The number of carbonyl (C=O) groups excluding carboxylic acids is 1. The maximum absolute atomic E-state index is 11.1. The van der Waals surface area contributed by atoms with E-state index >= 15 is 0 Å². The van der Waals surface area contributed by atoms with Crippen molar-refractivity contribution in [1.82, 2.24) is 5.32 Å². The molecular formula is C13H25NO. The van der Waals surface area contributed by atoms with E-state index in [1.165, 1.54) is 12.8 Å². The minimum Gasteiger partial charge on any atom is -0.354 e. The Morgan fingerprint density at radius 1 is 1.33 bits per heavy atom. The summed E-state index contributed by atoms with van der Waals surface area (Å²) >= 11 is 0. The van der Waals surface area contributed by atoms with Crippen LogP contribution < -0.4 is 5.32 Å². The average Bonchev–Trinajstić information content (AvgIpc) is 1.98. The Labute approximate surface area is 93.8 Å². The van der Waals surface area contributed by atoms with E-state index in [2.05, 4.69) is 33.0 Å². The first kappa shape index (κ1) is 12.5. The van der Waals surface area contributed by atoms with E-state index in [1.54, 1.807) is 6.92 Å². The summed E-state index contributed by atoms with van der Waals surface area (Å²) in [6.45, 7) is 10.9. The molecule has 0 bridgehead atoms. The van der Waals surface area contributed by atoms with Crippen molar-refractivity contribution in [1.29, 1.82) is 0 Å². The molecule has 1 aliphatic rings. The Bertz CT molecular complexity index is 247. The van der Waals surface area contributed by atoms with Gasteiger partial charge in [-0.3, -0.25) is 4.79 Å². The predicted octanol–water partition coefficient (Wildman–Crippen LogP) is 3.12. The quantitative estimate of drug-likeness (QED) is 0.747. The molecule has 1 aliphatic carbocycles. The van der Waals surface area contributed by atoms with Gasteiger partial charge in [0.25, 0.3) is 0 Å². The van der Waals surface area contributed by atoms with Crippen molar-refractivity contribution in [2.24, 2.45) is 10.8 Å². The Morgan fingerprint density at radius 2 is 1.93 bits per heavy atom. The molecule has 0 aromatic rings. The first-order valence-electron chi connectivity index (χ1n) is 6.03. The normalized spacial score (nSPS) is 34.9. The summed E-state index contributed by atoms with van der Waals surface area (Å²) in [5, 5.41) is 3.09. The molecule has 1 rings (SSSR count). The minimum atomic E-state index is 0.108. The van der Waals surface area contributed by atoms with Crippen LogP contribution in [-0.2, 0) is 4.79 Å². The van der Waals surface area contributed by atoms with Crippen molar-refractivity contribution in [3.8, 4) is 0 Å². The SMILES string of the molecule is CCC1(C)CC(NC(C)=O)CC(C)(C)C1. The molecule has 2 unspecified atom stereocenters. The van der Waals surface area contributed by atoms with Crippen LogP contribution in [0.5, 0.6) is 0 Å². The van der Waals surface area contributed by atoms with Crippen LogP contribution in [-0.4, -0.2) is 11.9 Å². The minimum absolute atomic E-state index is 0.108. The summed E-state index contributed by atoms with van der Waals surface area (Å²) < 4.78 is 0. The standard InChI is InChI=1S/C13H25NO/c1-6-13(5)8-11(14-10(2)15)7-12(3,4)9-13/h11H,6-9H2,1-5H3,(H,14,15). The molecule has 0 aliphatic heterocycles. The van der Waals surface area contributed by atoms with Crippen LogP contribution in [0, 0.1) is 10.8 Å². The number of carbonyl (C=O) groups is 1. The van der Waals surface area contributed by atoms with E-state index in [0.29, 0.717) is 16.9 Å². The average molecular weight is 211 g/mol. The summed E-state index contributed by atoms with van der Waals surface area (Å²) in [4.78, 5) is 11.1. The van der Waals surface area contributed by atoms with E-state index in [9.17, 15) is 4.79 Å². The molecule has 0 radical (unpaired) electrons. The van der Waals surface area contributed by atoms with Crippen LogP contribution in [0.1, 0.15) is 60.3 Å². The van der Waals surface area contributed by atoms with Gasteiger partial charge >= 0.3 is 0 Å². The molecule has 0 spiro atoms. The van der Waals surface area contributed by atoms with E-state index in [0.717, 1.165) is 12.8 Å². The second kappa shape index (κ2) is 4.15. The van der Waals surface area contributed by atoms with Crippen molar-refractivity contribution in [2.45, 2.75) is 66.3 Å². The molecule has 1 fully saturated rings. The molecule has 0 heterocycles. The van der Waals surface area contributed by atoms with Crippen LogP contribution >= 0.6 is 0 Å². The Morgan fingerprint density at radius 3 is 2.40 bits per heavy atom. The lowest BCUT2D eigenvalue weighted by Crippen LogP contribution is -2.46. The molecule has 0 saturated heterocycles. The fourth-order valence-corrected chi connectivity index (χ4v) is 3.29. The molecule has 2 atom stereocenters. The van der Waals surface area contributed by atoms with Gasteiger partial charge in [0.15, 0.2) is 0 Å². The van der Waals surface area contributed by atoms with E-state index < -0.39 is 0 Å². The molecule has 2 heteroatoms. The first-order valence-corrected chi connectivity index (χ1v) is 6.03. The molecular weight excluding hydrogens is 186 g/mol. The smallest absolute Gasteiger partial charge is 0.217 e. The van der Waals surface area contributed by atoms with E-state index in [1.807, 2.05) is 0 Å². The molecule has 1 saturated carbocycles. The fraction of sp³-hybridized carbons (Fsp3) is 0.923. The Balaban J connectivity index is 2.72. The zero-order chi connectivity index (χ0) is 11.7. The highest BCUT2D eigenvalue weighted by Crippen LogP contribution is 2.47. The number of hydrogen-bond donors (Lipinski definition) is 1. The second-order valence-electron chi connectivity index (χ2n) is 6.31. The molecule has 0 aromatic carbocycles. The third kappa shape index (κ3) is 3.51. The lowest BCUT2D eigenvalue weighted by Gasteiger charge is -2.46. The maximum Gasteiger partial charge on any atom is 0.217 e. The topological polar surface area (TPSA) is 29.1 Å². The van der Waals surface area contributed by atoms with Gasteiger partial charge < -0.3 is 5.32 Å². The van der Waals surface area contributed by atoms with Gasteiger partial charge in [0.05, 0.1) is 0 Å². The fourth-order valence-electron chi connectivity index (χ4n) is 3.29. The highest BCUT2D eigenvalue weighted by Gasteiger charge is 2.40. The highest BCUT2D eigenvalue weighted by molar-refractivity contribution is 5.73. The van der Waals surface area contributed by atoms with E-state index in [4.69, 9.17) is 0 Å². The monoisotopic (exact) mass is 211 g/mol. The van der Waals surface area contributed by atoms with Gasteiger partial charge in [-0.05, 0) is 30.1 Å². The molecule has 2 nitrogen and oxygen atoms in total. The van der Waals surface area contributed by atoms with Crippen LogP contribution in [0.2, 0.25) is 0 Å². The highest BCUT2D eigenvalue weighted by atomic mass is 16.1. The zero-order valence-electron chi connectivity index (χ0n) is 10.8. The second-order valence-corrected chi connectivity index (χ2v) is 6.31. The van der Waals surface area contributed by atoms with E-state index in [-0.39, 0.29) is 5.91 Å². The maximum atomic E-state index is 11.1. The van der Waals surface area contributed by atoms with Gasteiger partial charge in [-0.2, -0.15) is 0 Å². The van der Waals surface area contributed by atoms with Gasteiger partial charge in [-0.25, -0.2) is 0 Å². The zero-order valence-corrected chi connectivity index (χ0v) is 10.8. The number of nitrogens with one attached hydrogen (secondary N) is 1. The predicted molar refractivity (Wildman–Crippen MR) is 63.6 cm³/mol. The summed E-state index contributed by atoms with van der Waals surface area (Å²) in [5.74, 6) is 0.108. The van der Waals surface area contributed by atoms with Gasteiger partial charge in [0.2, 0.25) is 5.91 Å². The summed E-state index contributed by atoms with van der Waals surface area (Å²) in [5.41, 5.74) is 0.755. The number of rotatable bonds is 2. The van der Waals surface area contributed by atoms with Crippen molar-refractivity contribution >= 4 is 5.91 Å². The molecule has 1 N–H and O–H groups in total. The van der Waals surface area contributed by atoms with Gasteiger partial charge in [0, 0.05) is 13.0 Å². The van der Waals surface area contributed by atoms with Crippen LogP contribution in [0.15, 0.2) is 0 Å². The number of hydrogen-bond acceptors (Lipinski definition) is 1. The van der Waals surface area contributed by atoms with Gasteiger partial charge in [-0.15, -0.1) is 0 Å². The summed E-state index contributed by atoms with van der Waals surface area (Å²) in [6, 6.07) is 0.371. The van der Waals surface area contributed by atoms with Gasteiger partial charge in [0.1, 0.15) is 0 Å². The van der Waals surface area contributed by atoms with Crippen LogP contribution in [0.3, 0.4) is 0 Å². The van der Waals surface area contributed by atoms with Crippen molar-refractivity contribution in [3.05, 3.63) is 0 Å². The molecule has 88 valence electrons. The molecule has 0 aromatic heterocycles.